The fraction of sp³-hybridized carbons (Fsp3) is 0.400. The summed E-state index contributed by atoms with van der Waals surface area (Å²) in [5.74, 6) is 0. The van der Waals surface area contributed by atoms with Crippen molar-refractivity contribution >= 4 is 6.47 Å². The van der Waals surface area contributed by atoms with E-state index in [1.54, 1.807) is 0 Å². The Kier molecular flexibility index (Phi) is 7.79. The van der Waals surface area contributed by atoms with Gasteiger partial charge in [-0.05, 0) is 25.0 Å². The molecule has 1 N–H and O–H groups in total. The predicted octanol–water partition coefficient (Wildman–Crippen LogP) is 2.12. The van der Waals surface area contributed by atoms with Gasteiger partial charge in [0.25, 0.3) is 6.47 Å². The van der Waals surface area contributed by atoms with Crippen LogP contribution in [-0.4, -0.2) is 16.6 Å². The van der Waals surface area contributed by atoms with Gasteiger partial charge in [-0.3, -0.25) is 9.78 Å². The van der Waals surface area contributed by atoms with E-state index in [4.69, 9.17) is 9.90 Å². The molecule has 1 aromatic heterocycles. The van der Waals surface area contributed by atoms with Gasteiger partial charge in [-0.25, -0.2) is 0 Å². The molecule has 1 rings (SSSR count). The molecular formula is C10H15NO2. The minimum absolute atomic E-state index is 0.250. The minimum Gasteiger partial charge on any atom is -0.483 e. The van der Waals surface area contributed by atoms with E-state index in [0.717, 1.165) is 6.42 Å². The molecule has 0 spiro atoms. The topological polar surface area (TPSA) is 50.2 Å². The van der Waals surface area contributed by atoms with Crippen molar-refractivity contribution in [1.29, 1.82) is 0 Å². The van der Waals surface area contributed by atoms with E-state index in [1.165, 1.54) is 18.5 Å². The monoisotopic (exact) mass is 181 g/mol. The van der Waals surface area contributed by atoms with E-state index in [0.29, 0.717) is 0 Å². The van der Waals surface area contributed by atoms with Gasteiger partial charge in [-0.15, -0.1) is 0 Å². The number of nitrogens with zero attached hydrogens (tertiary/aromatic N) is 1. The molecule has 0 saturated heterocycles. The van der Waals surface area contributed by atoms with Crippen LogP contribution < -0.4 is 0 Å². The summed E-state index contributed by atoms with van der Waals surface area (Å²) in [6.07, 6.45) is 5.47. The van der Waals surface area contributed by atoms with Gasteiger partial charge >= 0.3 is 0 Å². The zero-order valence-corrected chi connectivity index (χ0v) is 7.81. The van der Waals surface area contributed by atoms with Crippen LogP contribution in [0.4, 0.5) is 0 Å². The third kappa shape index (κ3) is 7.00. The van der Waals surface area contributed by atoms with Gasteiger partial charge in [0, 0.05) is 11.9 Å². The lowest BCUT2D eigenvalue weighted by atomic mass is 10.2. The van der Waals surface area contributed by atoms with Crippen LogP contribution >= 0.6 is 0 Å². The first kappa shape index (κ1) is 11.6. The minimum atomic E-state index is -0.250. The summed E-state index contributed by atoms with van der Waals surface area (Å²) in [6, 6.07) is 6.07. The molecule has 0 bridgehead atoms. The number of rotatable bonds is 3. The van der Waals surface area contributed by atoms with Gasteiger partial charge in [0.2, 0.25) is 0 Å². The van der Waals surface area contributed by atoms with Crippen molar-refractivity contribution in [2.45, 2.75) is 26.2 Å². The van der Waals surface area contributed by atoms with Crippen LogP contribution in [0.5, 0.6) is 0 Å². The molecule has 0 fully saturated rings. The van der Waals surface area contributed by atoms with Gasteiger partial charge in [-0.1, -0.05) is 19.4 Å². The van der Waals surface area contributed by atoms with E-state index in [9.17, 15) is 0 Å². The first-order valence-electron chi connectivity index (χ1n) is 4.33. The lowest BCUT2D eigenvalue weighted by molar-refractivity contribution is -0.122. The first-order chi connectivity index (χ1) is 6.35. The smallest absolute Gasteiger partial charge is 0.290 e. The van der Waals surface area contributed by atoms with Crippen LogP contribution in [-0.2, 0) is 11.2 Å². The highest BCUT2D eigenvalue weighted by atomic mass is 16.3. The van der Waals surface area contributed by atoms with Gasteiger partial charge in [0.15, 0.2) is 0 Å². The molecule has 0 atom stereocenters. The summed E-state index contributed by atoms with van der Waals surface area (Å²) >= 11 is 0. The largest absolute Gasteiger partial charge is 0.483 e. The van der Waals surface area contributed by atoms with E-state index in [-0.39, 0.29) is 6.47 Å². The maximum atomic E-state index is 8.36. The Hall–Kier alpha value is -1.38. The molecule has 0 radical (unpaired) electrons. The molecule has 0 amide bonds. The molecule has 13 heavy (non-hydrogen) atoms. The fourth-order valence-corrected chi connectivity index (χ4v) is 0.904. The number of unbranched alkanes of at least 4 members (excludes halogenated alkanes) is 1. The summed E-state index contributed by atoms with van der Waals surface area (Å²) in [5.41, 5.74) is 1.21. The average Bonchev–Trinajstić information content (AvgIpc) is 2.18. The zero-order chi connectivity index (χ0) is 9.94. The summed E-state index contributed by atoms with van der Waals surface area (Å²) in [6.45, 7) is 1.95. The number of aromatic nitrogens is 1. The fourth-order valence-electron chi connectivity index (χ4n) is 0.904. The predicted molar refractivity (Wildman–Crippen MR) is 51.5 cm³/mol. The first-order valence-corrected chi connectivity index (χ1v) is 4.33. The Balaban J connectivity index is 0.000000424. The maximum Gasteiger partial charge on any atom is 0.290 e. The summed E-state index contributed by atoms with van der Waals surface area (Å²) < 4.78 is 0. The van der Waals surface area contributed by atoms with Crippen molar-refractivity contribution < 1.29 is 9.90 Å². The van der Waals surface area contributed by atoms with E-state index >= 15 is 0 Å². The second kappa shape index (κ2) is 8.71. The molecule has 1 aromatic rings. The molecular weight excluding hydrogens is 166 g/mol. The average molecular weight is 181 g/mol. The van der Waals surface area contributed by atoms with E-state index in [2.05, 4.69) is 18.0 Å². The molecule has 1 heterocycles. The van der Waals surface area contributed by atoms with Crippen molar-refractivity contribution in [3.05, 3.63) is 30.1 Å². The Bertz CT molecular complexity index is 211. The Morgan fingerprint density at radius 2 is 2.23 bits per heavy atom. The van der Waals surface area contributed by atoms with Crippen molar-refractivity contribution in [2.24, 2.45) is 0 Å². The highest BCUT2D eigenvalue weighted by Crippen LogP contribution is 1.99. The molecule has 0 aliphatic carbocycles. The van der Waals surface area contributed by atoms with Crippen molar-refractivity contribution in [3.8, 4) is 0 Å². The third-order valence-electron chi connectivity index (χ3n) is 1.51. The number of aryl methyl sites for hydroxylation is 1. The lowest BCUT2D eigenvalue weighted by Gasteiger charge is -1.95. The Morgan fingerprint density at radius 3 is 2.69 bits per heavy atom. The third-order valence-corrected chi connectivity index (χ3v) is 1.51. The molecule has 72 valence electrons. The van der Waals surface area contributed by atoms with Gasteiger partial charge in [-0.2, -0.15) is 0 Å². The van der Waals surface area contributed by atoms with Crippen molar-refractivity contribution in [2.75, 3.05) is 0 Å². The molecule has 0 saturated carbocycles. The van der Waals surface area contributed by atoms with Crippen LogP contribution in [0.15, 0.2) is 24.4 Å². The number of hydrogen-bond acceptors (Lipinski definition) is 2. The van der Waals surface area contributed by atoms with Crippen LogP contribution in [0.2, 0.25) is 0 Å². The standard InChI is InChI=1S/C9H13N.CH2O2/c1-2-3-6-9-7-4-5-8-10-9;2-1-3/h4-5,7-8H,2-3,6H2,1H3;1H,(H,2,3). The number of carboxylic acid groups (broad SMARTS) is 1. The van der Waals surface area contributed by atoms with Gasteiger partial charge in [0.1, 0.15) is 0 Å². The normalized spacial score (nSPS) is 8.38. The van der Waals surface area contributed by atoms with Gasteiger partial charge < -0.3 is 5.11 Å². The summed E-state index contributed by atoms with van der Waals surface area (Å²) in [5, 5.41) is 6.89. The van der Waals surface area contributed by atoms with Crippen LogP contribution in [0, 0.1) is 0 Å². The van der Waals surface area contributed by atoms with Gasteiger partial charge in [0.05, 0.1) is 0 Å². The van der Waals surface area contributed by atoms with E-state index < -0.39 is 0 Å². The molecule has 0 unspecified atom stereocenters. The molecule has 3 heteroatoms. The second-order valence-corrected chi connectivity index (χ2v) is 2.53. The van der Waals surface area contributed by atoms with Crippen molar-refractivity contribution in [1.82, 2.24) is 4.98 Å². The van der Waals surface area contributed by atoms with Crippen LogP contribution in [0.25, 0.3) is 0 Å². The molecule has 0 aromatic carbocycles. The zero-order valence-electron chi connectivity index (χ0n) is 7.81. The Morgan fingerprint density at radius 1 is 1.54 bits per heavy atom. The van der Waals surface area contributed by atoms with Crippen LogP contribution in [0.3, 0.4) is 0 Å². The maximum absolute atomic E-state index is 8.36. The quantitative estimate of drug-likeness (QED) is 0.727. The number of pyridine rings is 1. The van der Waals surface area contributed by atoms with E-state index in [1.807, 2.05) is 18.3 Å². The SMILES string of the molecule is CCCCc1ccccn1.O=CO. The molecule has 0 aliphatic heterocycles. The molecule has 3 nitrogen and oxygen atoms in total. The summed E-state index contributed by atoms with van der Waals surface area (Å²) in [4.78, 5) is 12.6. The Labute approximate surface area is 78.4 Å². The summed E-state index contributed by atoms with van der Waals surface area (Å²) in [7, 11) is 0. The highest BCUT2D eigenvalue weighted by Gasteiger charge is 1.88. The highest BCUT2D eigenvalue weighted by molar-refractivity contribution is 5.32. The molecule has 0 aliphatic rings. The van der Waals surface area contributed by atoms with Crippen molar-refractivity contribution in [3.63, 3.8) is 0 Å². The number of hydrogen-bond donors (Lipinski definition) is 1. The number of carbonyl (C=O) groups is 1. The van der Waals surface area contributed by atoms with Crippen LogP contribution in [0.1, 0.15) is 25.5 Å². The lowest BCUT2D eigenvalue weighted by Crippen LogP contribution is -1.86. The second-order valence-electron chi connectivity index (χ2n) is 2.53.